The fourth-order valence-electron chi connectivity index (χ4n) is 1.57. The summed E-state index contributed by atoms with van der Waals surface area (Å²) in [5.41, 5.74) is 0.911. The first-order valence-corrected chi connectivity index (χ1v) is 5.14. The van der Waals surface area contributed by atoms with Crippen molar-refractivity contribution >= 4 is 22.8 Å². The van der Waals surface area contributed by atoms with Gasteiger partial charge in [-0.2, -0.15) is 0 Å². The number of rotatable bonds is 2. The van der Waals surface area contributed by atoms with E-state index in [0.717, 1.165) is 6.42 Å². The summed E-state index contributed by atoms with van der Waals surface area (Å²) in [7, 11) is 0. The predicted octanol–water partition coefficient (Wildman–Crippen LogP) is 1.49. The summed E-state index contributed by atoms with van der Waals surface area (Å²) in [4.78, 5) is 22.4. The van der Waals surface area contributed by atoms with Crippen LogP contribution in [0.25, 0.3) is 11.2 Å². The first-order chi connectivity index (χ1) is 7.13. The molecule has 2 aromatic heterocycles. The van der Waals surface area contributed by atoms with Gasteiger partial charge in [0, 0.05) is 6.54 Å². The molecular weight excluding hydrogens is 216 g/mol. The lowest BCUT2D eigenvalue weighted by molar-refractivity contribution is 0.674. The molecule has 0 saturated carbocycles. The number of nitrogens with one attached hydrogen (secondary N) is 1. The summed E-state index contributed by atoms with van der Waals surface area (Å²) in [5, 5.41) is 0.323. The Kier molecular flexibility index (Phi) is 2.48. The molecule has 0 saturated heterocycles. The third kappa shape index (κ3) is 1.63. The van der Waals surface area contributed by atoms with Gasteiger partial charge in [-0.1, -0.05) is 18.5 Å². The molecule has 2 heterocycles. The highest BCUT2D eigenvalue weighted by atomic mass is 35.5. The van der Waals surface area contributed by atoms with Crippen LogP contribution in [0.1, 0.15) is 19.2 Å². The van der Waals surface area contributed by atoms with Crippen LogP contribution in [-0.4, -0.2) is 19.5 Å². The van der Waals surface area contributed by atoms with Gasteiger partial charge in [0.05, 0.1) is 0 Å². The number of aromatic nitrogens is 4. The molecule has 0 aromatic carbocycles. The molecule has 6 heteroatoms. The largest absolute Gasteiger partial charge is 0.327 e. The Morgan fingerprint density at radius 2 is 2.20 bits per heavy atom. The van der Waals surface area contributed by atoms with Gasteiger partial charge in [-0.15, -0.1) is 0 Å². The summed E-state index contributed by atoms with van der Waals surface area (Å²) in [5.74, 6) is 0.553. The summed E-state index contributed by atoms with van der Waals surface area (Å²) in [6, 6.07) is 0. The average molecular weight is 227 g/mol. The van der Waals surface area contributed by atoms with E-state index in [4.69, 9.17) is 11.6 Å². The van der Waals surface area contributed by atoms with Gasteiger partial charge < -0.3 is 0 Å². The van der Waals surface area contributed by atoms with Gasteiger partial charge in [0.2, 0.25) is 0 Å². The van der Waals surface area contributed by atoms with Crippen LogP contribution in [0.5, 0.6) is 0 Å². The third-order valence-corrected chi connectivity index (χ3v) is 2.40. The van der Waals surface area contributed by atoms with Crippen molar-refractivity contribution in [3.05, 3.63) is 21.5 Å². The van der Waals surface area contributed by atoms with Gasteiger partial charge in [0.1, 0.15) is 11.3 Å². The van der Waals surface area contributed by atoms with Crippen LogP contribution in [0.15, 0.2) is 4.79 Å². The molecule has 2 rings (SSSR count). The Bertz CT molecular complexity index is 557. The van der Waals surface area contributed by atoms with E-state index < -0.39 is 0 Å². The molecule has 1 N–H and O–H groups in total. The van der Waals surface area contributed by atoms with Crippen LogP contribution in [-0.2, 0) is 6.54 Å². The summed E-state index contributed by atoms with van der Waals surface area (Å²) < 4.78 is 1.57. The number of hydrogen-bond acceptors (Lipinski definition) is 3. The standard InChI is InChI=1S/C9H11ClN4O/c1-3-4-14-6-7(10)11-5(2)12-8(6)13-9(14)15/h3-4H2,1-2H3,(H,11,12,13,15). The van der Waals surface area contributed by atoms with E-state index >= 15 is 0 Å². The van der Waals surface area contributed by atoms with Crippen molar-refractivity contribution in [3.63, 3.8) is 0 Å². The zero-order chi connectivity index (χ0) is 11.0. The molecule has 0 unspecified atom stereocenters. The van der Waals surface area contributed by atoms with Gasteiger partial charge in [-0.25, -0.2) is 14.8 Å². The SMILES string of the molecule is CCCn1c(=O)[nH]c2nc(C)nc(Cl)c21. The van der Waals surface area contributed by atoms with E-state index in [9.17, 15) is 4.79 Å². The van der Waals surface area contributed by atoms with Gasteiger partial charge >= 0.3 is 5.69 Å². The Hall–Kier alpha value is -1.36. The Morgan fingerprint density at radius 3 is 2.87 bits per heavy atom. The number of hydrogen-bond donors (Lipinski definition) is 1. The lowest BCUT2D eigenvalue weighted by Crippen LogP contribution is -2.16. The number of fused-ring (bicyclic) bond motifs is 1. The Morgan fingerprint density at radius 1 is 1.47 bits per heavy atom. The molecule has 80 valence electrons. The maximum absolute atomic E-state index is 11.6. The first-order valence-electron chi connectivity index (χ1n) is 4.76. The molecule has 5 nitrogen and oxygen atoms in total. The van der Waals surface area contributed by atoms with Crippen molar-refractivity contribution in [2.45, 2.75) is 26.8 Å². The topological polar surface area (TPSA) is 63.6 Å². The second-order valence-corrected chi connectivity index (χ2v) is 3.70. The van der Waals surface area contributed by atoms with Crippen molar-refractivity contribution in [3.8, 4) is 0 Å². The van der Waals surface area contributed by atoms with Crippen LogP contribution >= 0.6 is 11.6 Å². The first kappa shape index (κ1) is 10.2. The minimum Gasteiger partial charge on any atom is -0.290 e. The van der Waals surface area contributed by atoms with Crippen molar-refractivity contribution in [1.29, 1.82) is 0 Å². The van der Waals surface area contributed by atoms with Crippen molar-refractivity contribution in [2.24, 2.45) is 0 Å². The van der Waals surface area contributed by atoms with E-state index in [0.29, 0.717) is 28.7 Å². The average Bonchev–Trinajstić information content (AvgIpc) is 2.43. The number of imidazole rings is 1. The summed E-state index contributed by atoms with van der Waals surface area (Å²) in [6.45, 7) is 4.35. The van der Waals surface area contributed by atoms with Crippen LogP contribution < -0.4 is 5.69 Å². The van der Waals surface area contributed by atoms with Gasteiger partial charge in [-0.05, 0) is 13.3 Å². The van der Waals surface area contributed by atoms with E-state index in [1.807, 2.05) is 6.92 Å². The molecule has 0 radical (unpaired) electrons. The molecule has 0 spiro atoms. The minimum absolute atomic E-state index is 0.186. The molecular formula is C9H11ClN4O. The quantitative estimate of drug-likeness (QED) is 0.790. The minimum atomic E-state index is -0.186. The molecule has 0 atom stereocenters. The number of H-pyrrole nitrogens is 1. The maximum Gasteiger partial charge on any atom is 0.327 e. The van der Waals surface area contributed by atoms with Gasteiger partial charge in [0.25, 0.3) is 0 Å². The van der Waals surface area contributed by atoms with Crippen molar-refractivity contribution in [1.82, 2.24) is 19.5 Å². The molecule has 0 aliphatic rings. The van der Waals surface area contributed by atoms with Crippen LogP contribution in [0.4, 0.5) is 0 Å². The molecule has 0 aliphatic carbocycles. The second-order valence-electron chi connectivity index (χ2n) is 3.34. The molecule has 0 bridgehead atoms. The Labute approximate surface area is 91.1 Å². The molecule has 2 aromatic rings. The fraction of sp³-hybridized carbons (Fsp3) is 0.444. The highest BCUT2D eigenvalue weighted by molar-refractivity contribution is 6.33. The molecule has 0 aliphatic heterocycles. The molecule has 0 fully saturated rings. The summed E-state index contributed by atoms with van der Waals surface area (Å²) in [6.07, 6.45) is 0.858. The van der Waals surface area contributed by atoms with Crippen LogP contribution in [0.3, 0.4) is 0 Å². The zero-order valence-corrected chi connectivity index (χ0v) is 9.30. The van der Waals surface area contributed by atoms with Crippen LogP contribution in [0, 0.1) is 6.92 Å². The molecule has 15 heavy (non-hydrogen) atoms. The fourth-order valence-corrected chi connectivity index (χ4v) is 1.88. The lowest BCUT2D eigenvalue weighted by Gasteiger charge is -2.01. The number of aromatic amines is 1. The van der Waals surface area contributed by atoms with E-state index in [2.05, 4.69) is 15.0 Å². The smallest absolute Gasteiger partial charge is 0.290 e. The van der Waals surface area contributed by atoms with Crippen molar-refractivity contribution < 1.29 is 0 Å². The summed E-state index contributed by atoms with van der Waals surface area (Å²) >= 11 is 5.99. The predicted molar refractivity (Wildman–Crippen MR) is 58.2 cm³/mol. The maximum atomic E-state index is 11.6. The van der Waals surface area contributed by atoms with Gasteiger partial charge in [-0.3, -0.25) is 9.55 Å². The molecule has 0 amide bonds. The number of nitrogens with zero attached hydrogens (tertiary/aromatic N) is 3. The monoisotopic (exact) mass is 226 g/mol. The number of aryl methyl sites for hydroxylation is 2. The van der Waals surface area contributed by atoms with E-state index in [1.165, 1.54) is 0 Å². The zero-order valence-electron chi connectivity index (χ0n) is 8.54. The normalized spacial score (nSPS) is 11.1. The Balaban J connectivity index is 2.81. The highest BCUT2D eigenvalue weighted by Gasteiger charge is 2.12. The van der Waals surface area contributed by atoms with E-state index in [1.54, 1.807) is 11.5 Å². The van der Waals surface area contributed by atoms with Crippen molar-refractivity contribution in [2.75, 3.05) is 0 Å². The highest BCUT2D eigenvalue weighted by Crippen LogP contribution is 2.17. The van der Waals surface area contributed by atoms with E-state index in [-0.39, 0.29) is 5.69 Å². The number of halogens is 1. The third-order valence-electron chi connectivity index (χ3n) is 2.14. The second kappa shape index (κ2) is 3.66. The van der Waals surface area contributed by atoms with Gasteiger partial charge in [0.15, 0.2) is 10.8 Å². The van der Waals surface area contributed by atoms with Crippen LogP contribution in [0.2, 0.25) is 5.15 Å². The lowest BCUT2D eigenvalue weighted by atomic mass is 10.4.